The van der Waals surface area contributed by atoms with E-state index in [2.05, 4.69) is 39.5 Å². The number of nitrogens with zero attached hydrogens (tertiary/aromatic N) is 2. The lowest BCUT2D eigenvalue weighted by Crippen LogP contribution is -2.25. The van der Waals surface area contributed by atoms with E-state index in [9.17, 15) is 4.39 Å². The van der Waals surface area contributed by atoms with Crippen molar-refractivity contribution in [2.75, 3.05) is 14.1 Å². The second-order valence-electron chi connectivity index (χ2n) is 6.02. The van der Waals surface area contributed by atoms with Crippen molar-refractivity contribution in [1.82, 2.24) is 4.90 Å². The van der Waals surface area contributed by atoms with E-state index in [1.165, 1.54) is 17.7 Å². The van der Waals surface area contributed by atoms with Crippen LogP contribution in [0, 0.1) is 11.7 Å². The molecule has 0 radical (unpaired) electrons. The molecule has 0 aliphatic heterocycles. The van der Waals surface area contributed by atoms with Crippen LogP contribution < -0.4 is 0 Å². The van der Waals surface area contributed by atoms with Crippen molar-refractivity contribution in [3.8, 4) is 0 Å². The van der Waals surface area contributed by atoms with Gasteiger partial charge in [0.05, 0.1) is 6.17 Å². The molecule has 0 bridgehead atoms. The molecule has 0 aliphatic carbocycles. The van der Waals surface area contributed by atoms with Crippen molar-refractivity contribution in [3.63, 3.8) is 0 Å². The van der Waals surface area contributed by atoms with Crippen LogP contribution in [0.1, 0.15) is 54.0 Å². The van der Waals surface area contributed by atoms with Gasteiger partial charge in [0, 0.05) is 5.71 Å². The fraction of sp³-hybridized carbons (Fsp3) is 0.500. The molecule has 1 aromatic rings. The first-order chi connectivity index (χ1) is 12.7. The van der Waals surface area contributed by atoms with E-state index in [0.717, 1.165) is 16.8 Å². The summed E-state index contributed by atoms with van der Waals surface area (Å²) in [5.41, 5.74) is 4.47. The van der Waals surface area contributed by atoms with Crippen LogP contribution in [0.25, 0.3) is 5.57 Å². The van der Waals surface area contributed by atoms with Crippen LogP contribution >= 0.6 is 0 Å². The molecule has 0 aliphatic rings. The third-order valence-corrected chi connectivity index (χ3v) is 3.84. The number of hydrogen-bond donors (Lipinski definition) is 0. The van der Waals surface area contributed by atoms with Crippen molar-refractivity contribution in [3.05, 3.63) is 41.2 Å². The summed E-state index contributed by atoms with van der Waals surface area (Å²) in [6.45, 7) is 18.6. The Balaban J connectivity index is -0.000000869. The summed E-state index contributed by atoms with van der Waals surface area (Å²) in [5.74, 6) is 0.144. The molecule has 1 atom stereocenters. The lowest BCUT2D eigenvalue weighted by atomic mass is 9.93. The summed E-state index contributed by atoms with van der Waals surface area (Å²) in [6.07, 6.45) is 0.137. The Morgan fingerprint density at radius 1 is 0.963 bits per heavy atom. The second-order valence-corrected chi connectivity index (χ2v) is 6.02. The van der Waals surface area contributed by atoms with Crippen LogP contribution in [-0.4, -0.2) is 44.5 Å². The molecule has 0 saturated heterocycles. The number of carbonyl (C=O) groups is 2. The standard InChI is InChI=1S/C18H27FN2.C2H6.2CH2O/c1-12(2)18(20-15(5)21(6)7)14(4)13(3)16-8-10-17(19)11-9-16;3*1-2/h8-12,15H,1-7H3;1-2H3;2*1H2/b14-13+,20-18-;;;. The summed E-state index contributed by atoms with van der Waals surface area (Å²) >= 11 is 0. The summed E-state index contributed by atoms with van der Waals surface area (Å²) in [5, 5.41) is 0. The van der Waals surface area contributed by atoms with Crippen LogP contribution in [0.15, 0.2) is 34.8 Å². The van der Waals surface area contributed by atoms with E-state index in [1.54, 1.807) is 0 Å². The minimum absolute atomic E-state index is 0.137. The van der Waals surface area contributed by atoms with Crippen LogP contribution in [0.5, 0.6) is 0 Å². The topological polar surface area (TPSA) is 49.7 Å². The molecule has 1 rings (SSSR count). The first kappa shape index (κ1) is 29.6. The number of aliphatic imine (C=N–C) groups is 1. The highest BCUT2D eigenvalue weighted by atomic mass is 19.1. The fourth-order valence-corrected chi connectivity index (χ4v) is 2.10. The lowest BCUT2D eigenvalue weighted by Gasteiger charge is -2.21. The Bertz CT molecular complexity index is 562. The monoisotopic (exact) mass is 380 g/mol. The predicted molar refractivity (Wildman–Crippen MR) is 116 cm³/mol. The van der Waals surface area contributed by atoms with E-state index in [-0.39, 0.29) is 12.0 Å². The average molecular weight is 381 g/mol. The number of rotatable bonds is 5. The second kappa shape index (κ2) is 17.3. The summed E-state index contributed by atoms with van der Waals surface area (Å²) in [6, 6.07) is 6.64. The smallest absolute Gasteiger partial charge is 0.123 e. The molecule has 5 heteroatoms. The summed E-state index contributed by atoms with van der Waals surface area (Å²) in [4.78, 5) is 22.9. The number of benzene rings is 1. The average Bonchev–Trinajstić information content (AvgIpc) is 2.69. The van der Waals surface area contributed by atoms with Gasteiger partial charge in [0.2, 0.25) is 0 Å². The third kappa shape index (κ3) is 11.2. The maximum Gasteiger partial charge on any atom is 0.123 e. The van der Waals surface area contributed by atoms with Crippen LogP contribution in [0.3, 0.4) is 0 Å². The Morgan fingerprint density at radius 3 is 1.70 bits per heavy atom. The largest absolute Gasteiger partial charge is 0.307 e. The maximum absolute atomic E-state index is 13.1. The van der Waals surface area contributed by atoms with Gasteiger partial charge >= 0.3 is 0 Å². The lowest BCUT2D eigenvalue weighted by molar-refractivity contribution is -0.0987. The SMILES string of the molecule is C=O.C=O.CC.CC(/C(=N\C(C)N(C)C)C(C)C)=C(/C)c1ccc(F)cc1. The molecule has 0 spiro atoms. The number of carbonyl (C=O) groups excluding carboxylic acids is 2. The van der Waals surface area contributed by atoms with E-state index in [4.69, 9.17) is 14.6 Å². The first-order valence-electron chi connectivity index (χ1n) is 8.99. The van der Waals surface area contributed by atoms with Crippen LogP contribution in [-0.2, 0) is 9.59 Å². The van der Waals surface area contributed by atoms with Gasteiger partial charge in [-0.1, -0.05) is 39.8 Å². The summed E-state index contributed by atoms with van der Waals surface area (Å²) in [7, 11) is 4.05. The molecule has 0 aromatic heterocycles. The molecule has 0 N–H and O–H groups in total. The number of hydrogen-bond acceptors (Lipinski definition) is 4. The highest BCUT2D eigenvalue weighted by molar-refractivity contribution is 6.06. The first-order valence-corrected chi connectivity index (χ1v) is 8.99. The van der Waals surface area contributed by atoms with Gasteiger partial charge in [-0.25, -0.2) is 4.39 Å². The Morgan fingerprint density at radius 2 is 1.37 bits per heavy atom. The minimum Gasteiger partial charge on any atom is -0.307 e. The molecular weight excluding hydrogens is 343 g/mol. The molecule has 4 nitrogen and oxygen atoms in total. The van der Waals surface area contributed by atoms with Gasteiger partial charge in [0.15, 0.2) is 0 Å². The van der Waals surface area contributed by atoms with Crippen LogP contribution in [0.2, 0.25) is 0 Å². The van der Waals surface area contributed by atoms with Gasteiger partial charge in [-0.05, 0) is 69.6 Å². The fourth-order valence-electron chi connectivity index (χ4n) is 2.10. The van der Waals surface area contributed by atoms with Crippen molar-refractivity contribution < 1.29 is 14.0 Å². The van der Waals surface area contributed by atoms with E-state index in [0.29, 0.717) is 5.92 Å². The Kier molecular flexibility index (Phi) is 19.0. The highest BCUT2D eigenvalue weighted by Crippen LogP contribution is 2.22. The zero-order chi connectivity index (χ0) is 22.2. The molecule has 27 heavy (non-hydrogen) atoms. The summed E-state index contributed by atoms with van der Waals surface area (Å²) < 4.78 is 13.1. The van der Waals surface area contributed by atoms with Crippen LogP contribution in [0.4, 0.5) is 4.39 Å². The quantitative estimate of drug-likeness (QED) is 0.653. The van der Waals surface area contributed by atoms with Gasteiger partial charge in [0.25, 0.3) is 0 Å². The molecule has 1 aromatic carbocycles. The molecule has 1 unspecified atom stereocenters. The Hall–Kier alpha value is -2.14. The minimum atomic E-state index is -0.205. The van der Waals surface area contributed by atoms with Gasteiger partial charge < -0.3 is 9.59 Å². The molecule has 0 saturated carbocycles. The zero-order valence-electron chi connectivity index (χ0n) is 18.5. The molecule has 0 amide bonds. The third-order valence-electron chi connectivity index (χ3n) is 3.84. The van der Waals surface area contributed by atoms with E-state index >= 15 is 0 Å². The molecular formula is C22H37FN2O2. The number of allylic oxidation sites excluding steroid dienone is 2. The molecule has 0 heterocycles. The number of halogens is 1. The normalized spacial score (nSPS) is 12.5. The Labute approximate surface area is 165 Å². The zero-order valence-corrected chi connectivity index (χ0v) is 18.5. The van der Waals surface area contributed by atoms with Gasteiger partial charge in [-0.2, -0.15) is 0 Å². The maximum atomic E-state index is 13.1. The van der Waals surface area contributed by atoms with Crippen molar-refractivity contribution >= 4 is 24.9 Å². The van der Waals surface area contributed by atoms with Gasteiger partial charge in [0.1, 0.15) is 19.4 Å². The van der Waals surface area contributed by atoms with E-state index < -0.39 is 0 Å². The molecule has 154 valence electrons. The van der Waals surface area contributed by atoms with Gasteiger partial charge in [-0.3, -0.25) is 9.89 Å². The molecule has 0 fully saturated rings. The van der Waals surface area contributed by atoms with Gasteiger partial charge in [-0.15, -0.1) is 0 Å². The van der Waals surface area contributed by atoms with Crippen molar-refractivity contribution in [2.24, 2.45) is 10.9 Å². The van der Waals surface area contributed by atoms with Crippen molar-refractivity contribution in [1.29, 1.82) is 0 Å². The van der Waals surface area contributed by atoms with E-state index in [1.807, 2.05) is 53.7 Å². The highest BCUT2D eigenvalue weighted by Gasteiger charge is 2.14. The van der Waals surface area contributed by atoms with Crippen molar-refractivity contribution in [2.45, 2.75) is 54.6 Å². The predicted octanol–water partition coefficient (Wildman–Crippen LogP) is 5.28.